The van der Waals surface area contributed by atoms with Gasteiger partial charge in [0, 0.05) is 4.47 Å². The summed E-state index contributed by atoms with van der Waals surface area (Å²) in [7, 11) is 1.53. The lowest BCUT2D eigenvalue weighted by atomic mass is 10.2. The highest BCUT2D eigenvalue weighted by Gasteiger charge is 2.04. The molecule has 1 aromatic rings. The maximum atomic E-state index is 8.63. The molecule has 3 nitrogen and oxygen atoms in total. The molecule has 0 aromatic heterocycles. The largest absolute Gasteiger partial charge is 0.495 e. The molecule has 1 aromatic carbocycles. The Balaban J connectivity index is 3.28. The molecule has 1 rings (SSSR count). The van der Waals surface area contributed by atoms with Crippen molar-refractivity contribution in [3.8, 4) is 11.8 Å². The third kappa shape index (κ3) is 1.51. The number of nitrogen functional groups attached to an aromatic ring is 1. The van der Waals surface area contributed by atoms with Gasteiger partial charge in [-0.15, -0.1) is 0 Å². The summed E-state index contributed by atoms with van der Waals surface area (Å²) in [6.07, 6.45) is 0. The number of rotatable bonds is 1. The third-order valence-electron chi connectivity index (χ3n) is 1.44. The lowest BCUT2D eigenvalue weighted by Crippen LogP contribution is -1.93. The fourth-order valence-corrected chi connectivity index (χ4v) is 1.25. The van der Waals surface area contributed by atoms with E-state index in [4.69, 9.17) is 15.7 Å². The first kappa shape index (κ1) is 8.88. The zero-order valence-electron chi connectivity index (χ0n) is 6.47. The normalized spacial score (nSPS) is 9.08. The van der Waals surface area contributed by atoms with Gasteiger partial charge in [0.2, 0.25) is 0 Å². The van der Waals surface area contributed by atoms with E-state index in [9.17, 15) is 0 Å². The van der Waals surface area contributed by atoms with Crippen LogP contribution in [0.5, 0.6) is 5.75 Å². The van der Waals surface area contributed by atoms with Crippen LogP contribution < -0.4 is 10.5 Å². The number of nitrogens with zero attached hydrogens (tertiary/aromatic N) is 1. The molecule has 62 valence electrons. The quantitative estimate of drug-likeness (QED) is 0.745. The molecule has 0 radical (unpaired) electrons. The van der Waals surface area contributed by atoms with Gasteiger partial charge in [0.15, 0.2) is 0 Å². The number of benzene rings is 1. The van der Waals surface area contributed by atoms with Crippen LogP contribution in [-0.4, -0.2) is 7.11 Å². The van der Waals surface area contributed by atoms with Crippen LogP contribution in [0, 0.1) is 11.3 Å². The topological polar surface area (TPSA) is 59.0 Å². The number of anilines is 1. The molecular weight excluding hydrogens is 220 g/mol. The fraction of sp³-hybridized carbons (Fsp3) is 0.125. The van der Waals surface area contributed by atoms with Crippen LogP contribution >= 0.6 is 15.9 Å². The number of hydrogen-bond donors (Lipinski definition) is 1. The van der Waals surface area contributed by atoms with Crippen LogP contribution in [0.15, 0.2) is 16.6 Å². The Morgan fingerprint density at radius 2 is 2.25 bits per heavy atom. The van der Waals surface area contributed by atoms with Crippen molar-refractivity contribution in [2.75, 3.05) is 12.8 Å². The van der Waals surface area contributed by atoms with Gasteiger partial charge in [-0.05, 0) is 28.1 Å². The number of nitrogens with two attached hydrogens (primary N) is 1. The van der Waals surface area contributed by atoms with E-state index in [2.05, 4.69) is 15.9 Å². The van der Waals surface area contributed by atoms with Crippen molar-refractivity contribution in [1.29, 1.82) is 5.26 Å². The van der Waals surface area contributed by atoms with Gasteiger partial charge in [-0.1, -0.05) is 0 Å². The van der Waals surface area contributed by atoms with Gasteiger partial charge in [-0.3, -0.25) is 0 Å². The Bertz CT molecular complexity index is 343. The van der Waals surface area contributed by atoms with Crippen LogP contribution in [0.25, 0.3) is 0 Å². The molecule has 0 fully saturated rings. The van der Waals surface area contributed by atoms with Gasteiger partial charge in [0.25, 0.3) is 0 Å². The SMILES string of the molecule is COc1cc(Br)c(C#N)cc1N. The van der Waals surface area contributed by atoms with Crippen molar-refractivity contribution in [3.63, 3.8) is 0 Å². The Labute approximate surface area is 78.9 Å². The van der Waals surface area contributed by atoms with Gasteiger partial charge >= 0.3 is 0 Å². The van der Waals surface area contributed by atoms with Gasteiger partial charge in [-0.25, -0.2) is 0 Å². The predicted molar refractivity (Wildman–Crippen MR) is 49.8 cm³/mol. The Morgan fingerprint density at radius 3 is 2.75 bits per heavy atom. The summed E-state index contributed by atoms with van der Waals surface area (Å²) in [5.41, 5.74) is 6.56. The minimum atomic E-state index is 0.470. The van der Waals surface area contributed by atoms with Crippen molar-refractivity contribution in [1.82, 2.24) is 0 Å². The predicted octanol–water partition coefficient (Wildman–Crippen LogP) is 1.91. The third-order valence-corrected chi connectivity index (χ3v) is 2.10. The van der Waals surface area contributed by atoms with Crippen LogP contribution in [0.2, 0.25) is 0 Å². The maximum Gasteiger partial charge on any atom is 0.142 e. The second-order valence-electron chi connectivity index (χ2n) is 2.19. The van der Waals surface area contributed by atoms with E-state index >= 15 is 0 Å². The van der Waals surface area contributed by atoms with Crippen molar-refractivity contribution < 1.29 is 4.74 Å². The van der Waals surface area contributed by atoms with Gasteiger partial charge in [0.1, 0.15) is 11.8 Å². The van der Waals surface area contributed by atoms with Gasteiger partial charge in [0.05, 0.1) is 18.4 Å². The first-order valence-corrected chi connectivity index (χ1v) is 4.01. The highest BCUT2D eigenvalue weighted by Crippen LogP contribution is 2.28. The van der Waals surface area contributed by atoms with Crippen molar-refractivity contribution >= 4 is 21.6 Å². The molecule has 2 N–H and O–H groups in total. The second kappa shape index (κ2) is 3.46. The summed E-state index contributed by atoms with van der Waals surface area (Å²) in [6, 6.07) is 5.25. The number of hydrogen-bond acceptors (Lipinski definition) is 3. The monoisotopic (exact) mass is 226 g/mol. The summed E-state index contributed by atoms with van der Waals surface area (Å²) in [4.78, 5) is 0. The Kier molecular flexibility index (Phi) is 2.56. The van der Waals surface area contributed by atoms with Crippen LogP contribution in [-0.2, 0) is 0 Å². The van der Waals surface area contributed by atoms with E-state index in [1.165, 1.54) is 7.11 Å². The molecule has 0 unspecified atom stereocenters. The van der Waals surface area contributed by atoms with Gasteiger partial charge in [-0.2, -0.15) is 5.26 Å². The maximum absolute atomic E-state index is 8.63. The van der Waals surface area contributed by atoms with Crippen LogP contribution in [0.1, 0.15) is 5.56 Å². The molecule has 0 amide bonds. The molecule has 0 atom stereocenters. The molecule has 0 aliphatic carbocycles. The highest BCUT2D eigenvalue weighted by atomic mass is 79.9. The molecule has 4 heteroatoms. The molecule has 0 aliphatic rings. The molecule has 0 spiro atoms. The van der Waals surface area contributed by atoms with Crippen molar-refractivity contribution in [2.24, 2.45) is 0 Å². The lowest BCUT2D eigenvalue weighted by Gasteiger charge is -2.04. The van der Waals surface area contributed by atoms with E-state index in [1.807, 2.05) is 6.07 Å². The molecule has 0 saturated carbocycles. The van der Waals surface area contributed by atoms with Crippen molar-refractivity contribution in [2.45, 2.75) is 0 Å². The van der Waals surface area contributed by atoms with Gasteiger partial charge < -0.3 is 10.5 Å². The number of ether oxygens (including phenoxy) is 1. The van der Waals surface area contributed by atoms with E-state index in [0.29, 0.717) is 21.5 Å². The molecule has 0 aliphatic heterocycles. The zero-order valence-corrected chi connectivity index (χ0v) is 8.05. The summed E-state index contributed by atoms with van der Waals surface area (Å²) in [5.74, 6) is 0.570. The Hall–Kier alpha value is -1.21. The molecule has 12 heavy (non-hydrogen) atoms. The Morgan fingerprint density at radius 1 is 1.58 bits per heavy atom. The minimum Gasteiger partial charge on any atom is -0.495 e. The van der Waals surface area contributed by atoms with Crippen LogP contribution in [0.4, 0.5) is 5.69 Å². The summed E-state index contributed by atoms with van der Waals surface area (Å²) in [6.45, 7) is 0. The molecular formula is C8H7BrN2O. The highest BCUT2D eigenvalue weighted by molar-refractivity contribution is 9.10. The van der Waals surface area contributed by atoms with E-state index in [1.54, 1.807) is 12.1 Å². The number of nitriles is 1. The standard InChI is InChI=1S/C8H7BrN2O/c1-12-8-3-6(9)5(4-10)2-7(8)11/h2-3H,11H2,1H3. The minimum absolute atomic E-state index is 0.470. The first-order valence-electron chi connectivity index (χ1n) is 3.22. The smallest absolute Gasteiger partial charge is 0.142 e. The van der Waals surface area contributed by atoms with Crippen molar-refractivity contribution in [3.05, 3.63) is 22.2 Å². The average molecular weight is 227 g/mol. The van der Waals surface area contributed by atoms with E-state index < -0.39 is 0 Å². The zero-order chi connectivity index (χ0) is 9.14. The molecule has 0 bridgehead atoms. The van der Waals surface area contributed by atoms with Crippen LogP contribution in [0.3, 0.4) is 0 Å². The average Bonchev–Trinajstić information content (AvgIpc) is 2.08. The molecule has 0 heterocycles. The lowest BCUT2D eigenvalue weighted by molar-refractivity contribution is 0.416. The van der Waals surface area contributed by atoms with E-state index in [0.717, 1.165) is 0 Å². The van der Waals surface area contributed by atoms with E-state index in [-0.39, 0.29) is 0 Å². The summed E-state index contributed by atoms with van der Waals surface area (Å²) in [5, 5.41) is 8.63. The number of methoxy groups -OCH3 is 1. The second-order valence-corrected chi connectivity index (χ2v) is 3.04. The molecule has 0 saturated heterocycles. The fourth-order valence-electron chi connectivity index (χ4n) is 0.834. The summed E-state index contributed by atoms with van der Waals surface area (Å²) < 4.78 is 5.65. The number of halogens is 1. The summed E-state index contributed by atoms with van der Waals surface area (Å²) >= 11 is 3.22. The first-order chi connectivity index (χ1) is 5.69.